The number of amidine groups is 1. The minimum absolute atomic E-state index is 0.292. The van der Waals surface area contributed by atoms with E-state index < -0.39 is 0 Å². The van der Waals surface area contributed by atoms with Crippen LogP contribution in [0.25, 0.3) is 0 Å². The first-order valence-corrected chi connectivity index (χ1v) is 8.31. The van der Waals surface area contributed by atoms with Gasteiger partial charge in [0.25, 0.3) is 0 Å². The van der Waals surface area contributed by atoms with Crippen LogP contribution in [0.3, 0.4) is 0 Å². The molecule has 2 rings (SSSR count). The summed E-state index contributed by atoms with van der Waals surface area (Å²) in [5, 5.41) is 7.42. The van der Waals surface area contributed by atoms with E-state index in [9.17, 15) is 0 Å². The summed E-state index contributed by atoms with van der Waals surface area (Å²) in [5.74, 6) is 2.72. The van der Waals surface area contributed by atoms with Gasteiger partial charge in [-0.2, -0.15) is 0 Å². The molecule has 0 aromatic heterocycles. The summed E-state index contributed by atoms with van der Waals surface area (Å²) in [4.78, 5) is 3.91. The van der Waals surface area contributed by atoms with Crippen molar-refractivity contribution in [1.29, 1.82) is 5.41 Å². The quantitative estimate of drug-likeness (QED) is 0.599. The standard InChI is InChI=1S/C16H25N3S/c1-12(2)9-19(8-7-16(17)18)10-13-11-20-15-6-4-3-5-14(13)15/h3-6,12-13H,7-11H2,1-2H3,(H3,17,18). The van der Waals surface area contributed by atoms with Crippen molar-refractivity contribution in [3.63, 3.8) is 0 Å². The molecule has 0 aliphatic carbocycles. The highest BCUT2D eigenvalue weighted by atomic mass is 32.2. The summed E-state index contributed by atoms with van der Waals surface area (Å²) in [5.41, 5.74) is 7.00. The average molecular weight is 291 g/mol. The van der Waals surface area contributed by atoms with E-state index in [0.29, 0.717) is 24.1 Å². The number of hydrogen-bond donors (Lipinski definition) is 2. The van der Waals surface area contributed by atoms with Gasteiger partial charge in [0.2, 0.25) is 0 Å². The van der Waals surface area contributed by atoms with Crippen LogP contribution in [-0.2, 0) is 0 Å². The molecule has 1 atom stereocenters. The van der Waals surface area contributed by atoms with Crippen LogP contribution in [0.5, 0.6) is 0 Å². The van der Waals surface area contributed by atoms with Crippen LogP contribution in [0.2, 0.25) is 0 Å². The minimum Gasteiger partial charge on any atom is -0.388 e. The molecule has 3 nitrogen and oxygen atoms in total. The fraction of sp³-hybridized carbons (Fsp3) is 0.562. The summed E-state index contributed by atoms with van der Waals surface area (Å²) in [6.07, 6.45) is 0.675. The van der Waals surface area contributed by atoms with Crippen LogP contribution in [0.15, 0.2) is 29.2 Å². The third kappa shape index (κ3) is 4.25. The number of rotatable bonds is 7. The van der Waals surface area contributed by atoms with E-state index in [1.165, 1.54) is 16.2 Å². The maximum absolute atomic E-state index is 7.42. The predicted molar refractivity (Wildman–Crippen MR) is 87.7 cm³/mol. The van der Waals surface area contributed by atoms with Gasteiger partial charge in [-0.15, -0.1) is 11.8 Å². The number of nitrogens with zero attached hydrogens (tertiary/aromatic N) is 1. The van der Waals surface area contributed by atoms with Crippen molar-refractivity contribution in [2.45, 2.75) is 31.1 Å². The third-order valence-corrected chi connectivity index (χ3v) is 4.85. The summed E-state index contributed by atoms with van der Waals surface area (Å²) in [6.45, 7) is 7.55. The van der Waals surface area contributed by atoms with Crippen LogP contribution < -0.4 is 5.73 Å². The summed E-state index contributed by atoms with van der Waals surface area (Å²) < 4.78 is 0. The average Bonchev–Trinajstić information content (AvgIpc) is 2.79. The maximum atomic E-state index is 7.42. The van der Waals surface area contributed by atoms with Crippen molar-refractivity contribution >= 4 is 17.6 Å². The number of hydrogen-bond acceptors (Lipinski definition) is 3. The van der Waals surface area contributed by atoms with Crippen molar-refractivity contribution in [1.82, 2.24) is 4.90 Å². The van der Waals surface area contributed by atoms with Gasteiger partial charge >= 0.3 is 0 Å². The molecule has 1 aromatic carbocycles. The molecule has 1 aromatic rings. The minimum atomic E-state index is 0.292. The Balaban J connectivity index is 1.99. The Labute approximate surface area is 126 Å². The lowest BCUT2D eigenvalue weighted by Gasteiger charge is -2.27. The highest BCUT2D eigenvalue weighted by Gasteiger charge is 2.24. The molecule has 4 heteroatoms. The normalized spacial score (nSPS) is 17.7. The first-order valence-electron chi connectivity index (χ1n) is 7.33. The van der Waals surface area contributed by atoms with E-state index in [4.69, 9.17) is 11.1 Å². The van der Waals surface area contributed by atoms with Gasteiger partial charge in [-0.05, 0) is 17.5 Å². The fourth-order valence-corrected chi connectivity index (χ4v) is 3.99. The molecule has 1 aliphatic rings. The van der Waals surface area contributed by atoms with Gasteiger partial charge in [0.15, 0.2) is 0 Å². The zero-order valence-corrected chi connectivity index (χ0v) is 13.2. The molecule has 1 unspecified atom stereocenters. The van der Waals surface area contributed by atoms with E-state index in [1.54, 1.807) is 0 Å². The van der Waals surface area contributed by atoms with Crippen molar-refractivity contribution in [2.24, 2.45) is 11.7 Å². The molecule has 1 aliphatic heterocycles. The van der Waals surface area contributed by atoms with E-state index in [-0.39, 0.29) is 0 Å². The molecule has 1 heterocycles. The Bertz CT molecular complexity index is 459. The lowest BCUT2D eigenvalue weighted by atomic mass is 10.00. The Morgan fingerprint density at radius 2 is 2.20 bits per heavy atom. The second-order valence-corrected chi connectivity index (χ2v) is 7.04. The van der Waals surface area contributed by atoms with Gasteiger partial charge in [0, 0.05) is 42.6 Å². The first kappa shape index (κ1) is 15.4. The number of benzene rings is 1. The number of fused-ring (bicyclic) bond motifs is 1. The van der Waals surface area contributed by atoms with Gasteiger partial charge in [-0.1, -0.05) is 32.0 Å². The van der Waals surface area contributed by atoms with Crippen LogP contribution in [0.1, 0.15) is 31.7 Å². The van der Waals surface area contributed by atoms with Gasteiger partial charge in [-0.3, -0.25) is 5.41 Å². The zero-order chi connectivity index (χ0) is 14.5. The monoisotopic (exact) mass is 291 g/mol. The van der Waals surface area contributed by atoms with Crippen LogP contribution in [-0.4, -0.2) is 36.1 Å². The molecular formula is C16H25N3S. The topological polar surface area (TPSA) is 53.1 Å². The molecule has 0 amide bonds. The Morgan fingerprint density at radius 1 is 1.45 bits per heavy atom. The molecule has 0 radical (unpaired) electrons. The Kier molecular flexibility index (Phi) is 5.49. The number of nitrogens with one attached hydrogen (secondary N) is 1. The highest BCUT2D eigenvalue weighted by Crippen LogP contribution is 2.39. The van der Waals surface area contributed by atoms with Crippen LogP contribution in [0, 0.1) is 11.3 Å². The van der Waals surface area contributed by atoms with Gasteiger partial charge < -0.3 is 10.6 Å². The van der Waals surface area contributed by atoms with Crippen molar-refractivity contribution in [3.8, 4) is 0 Å². The summed E-state index contributed by atoms with van der Waals surface area (Å²) in [7, 11) is 0. The van der Waals surface area contributed by atoms with Gasteiger partial charge in [-0.25, -0.2) is 0 Å². The zero-order valence-electron chi connectivity index (χ0n) is 12.4. The lowest BCUT2D eigenvalue weighted by molar-refractivity contribution is 0.240. The SMILES string of the molecule is CC(C)CN(CCC(=N)N)CC1CSc2ccccc21. The fourth-order valence-electron chi connectivity index (χ4n) is 2.74. The summed E-state index contributed by atoms with van der Waals surface area (Å²) >= 11 is 1.97. The van der Waals surface area contributed by atoms with E-state index in [1.807, 2.05) is 11.8 Å². The second kappa shape index (κ2) is 7.14. The number of nitrogens with two attached hydrogens (primary N) is 1. The van der Waals surface area contributed by atoms with Gasteiger partial charge in [0.1, 0.15) is 0 Å². The van der Waals surface area contributed by atoms with Crippen molar-refractivity contribution < 1.29 is 0 Å². The molecule has 110 valence electrons. The molecule has 3 N–H and O–H groups in total. The molecular weight excluding hydrogens is 266 g/mol. The Morgan fingerprint density at radius 3 is 2.90 bits per heavy atom. The van der Waals surface area contributed by atoms with Crippen molar-refractivity contribution in [3.05, 3.63) is 29.8 Å². The maximum Gasteiger partial charge on any atom is 0.0918 e. The summed E-state index contributed by atoms with van der Waals surface area (Å²) in [6, 6.07) is 8.75. The molecule has 0 fully saturated rings. The molecule has 0 spiro atoms. The van der Waals surface area contributed by atoms with E-state index in [0.717, 1.165) is 19.6 Å². The van der Waals surface area contributed by atoms with Gasteiger partial charge in [0.05, 0.1) is 5.84 Å². The molecule has 20 heavy (non-hydrogen) atoms. The predicted octanol–water partition coefficient (Wildman–Crippen LogP) is 3.16. The van der Waals surface area contributed by atoms with E-state index in [2.05, 4.69) is 43.0 Å². The van der Waals surface area contributed by atoms with Crippen molar-refractivity contribution in [2.75, 3.05) is 25.4 Å². The molecule has 0 saturated heterocycles. The lowest BCUT2D eigenvalue weighted by Crippen LogP contribution is -2.34. The second-order valence-electron chi connectivity index (χ2n) is 5.97. The van der Waals surface area contributed by atoms with E-state index >= 15 is 0 Å². The first-order chi connectivity index (χ1) is 9.56. The molecule has 0 saturated carbocycles. The van der Waals surface area contributed by atoms with Crippen LogP contribution >= 0.6 is 11.8 Å². The smallest absolute Gasteiger partial charge is 0.0918 e. The number of thioether (sulfide) groups is 1. The molecule has 0 bridgehead atoms. The third-order valence-electron chi connectivity index (χ3n) is 3.60. The van der Waals surface area contributed by atoms with Crippen LogP contribution in [0.4, 0.5) is 0 Å². The Hall–Kier alpha value is -1.00. The largest absolute Gasteiger partial charge is 0.388 e. The highest BCUT2D eigenvalue weighted by molar-refractivity contribution is 7.99.